The van der Waals surface area contributed by atoms with Crippen molar-refractivity contribution in [1.29, 1.82) is 0 Å². The summed E-state index contributed by atoms with van der Waals surface area (Å²) in [5.41, 5.74) is 2.41. The molecule has 86 valence electrons. The van der Waals surface area contributed by atoms with Gasteiger partial charge in [-0.05, 0) is 50.2 Å². The smallest absolute Gasteiger partial charge is 0.178 e. The van der Waals surface area contributed by atoms with Crippen molar-refractivity contribution in [3.05, 3.63) is 28.3 Å². The molecule has 4 heteroatoms. The van der Waals surface area contributed by atoms with E-state index in [0.29, 0.717) is 16.4 Å². The molecule has 1 aromatic heterocycles. The molecule has 1 unspecified atom stereocenters. The second kappa shape index (κ2) is 4.01. The molecule has 0 spiro atoms. The van der Waals surface area contributed by atoms with Crippen molar-refractivity contribution in [3.8, 4) is 0 Å². The lowest BCUT2D eigenvalue weighted by Crippen LogP contribution is -2.03. The normalized spacial score (nSPS) is 13.2. The summed E-state index contributed by atoms with van der Waals surface area (Å²) >= 11 is 5.27. The van der Waals surface area contributed by atoms with Gasteiger partial charge < -0.3 is 9.55 Å². The number of imidazole rings is 1. The minimum absolute atomic E-state index is 0.194. The Morgan fingerprint density at radius 2 is 2.19 bits per heavy atom. The minimum Gasteiger partial charge on any atom is -0.330 e. The van der Waals surface area contributed by atoms with Crippen LogP contribution in [0, 0.1) is 17.5 Å². The van der Waals surface area contributed by atoms with Gasteiger partial charge >= 0.3 is 0 Å². The number of hydrogen-bond donors (Lipinski definition) is 1. The second-order valence-corrected chi connectivity index (χ2v) is 4.56. The van der Waals surface area contributed by atoms with Crippen LogP contribution >= 0.6 is 12.2 Å². The molecule has 1 heterocycles. The number of nitrogens with zero attached hydrogens (tertiary/aromatic N) is 1. The van der Waals surface area contributed by atoms with Crippen LogP contribution in [0.15, 0.2) is 12.1 Å². The summed E-state index contributed by atoms with van der Waals surface area (Å²) in [6.07, 6.45) is 0.998. The van der Waals surface area contributed by atoms with Crippen molar-refractivity contribution in [3.63, 3.8) is 0 Å². The van der Waals surface area contributed by atoms with Crippen LogP contribution in [0.5, 0.6) is 0 Å². The Hall–Kier alpha value is -1.16. The van der Waals surface area contributed by atoms with E-state index in [1.165, 1.54) is 6.07 Å². The monoisotopic (exact) mass is 238 g/mol. The number of H-pyrrole nitrogens is 1. The minimum atomic E-state index is -0.194. The van der Waals surface area contributed by atoms with Crippen molar-refractivity contribution in [2.24, 2.45) is 0 Å². The lowest BCUT2D eigenvalue weighted by molar-refractivity contribution is 0.538. The summed E-state index contributed by atoms with van der Waals surface area (Å²) in [5, 5.41) is 0. The summed E-state index contributed by atoms with van der Waals surface area (Å²) in [6, 6.07) is 3.69. The molecule has 1 N–H and O–H groups in total. The molecule has 0 aliphatic heterocycles. The molecule has 16 heavy (non-hydrogen) atoms. The maximum atomic E-state index is 13.4. The van der Waals surface area contributed by atoms with Crippen LogP contribution in [0.4, 0.5) is 4.39 Å². The molecule has 0 saturated heterocycles. The predicted molar refractivity (Wildman–Crippen MR) is 66.8 cm³/mol. The van der Waals surface area contributed by atoms with Gasteiger partial charge in [-0.25, -0.2) is 4.39 Å². The number of benzene rings is 1. The average molecular weight is 238 g/mol. The Kier molecular flexibility index (Phi) is 2.84. The van der Waals surface area contributed by atoms with Gasteiger partial charge in [0.05, 0.1) is 11.0 Å². The maximum Gasteiger partial charge on any atom is 0.178 e. The van der Waals surface area contributed by atoms with E-state index >= 15 is 0 Å². The highest BCUT2D eigenvalue weighted by molar-refractivity contribution is 7.71. The fourth-order valence-electron chi connectivity index (χ4n) is 1.87. The third kappa shape index (κ3) is 1.67. The Bertz CT molecular complexity index is 582. The van der Waals surface area contributed by atoms with E-state index in [-0.39, 0.29) is 5.82 Å². The van der Waals surface area contributed by atoms with Gasteiger partial charge in [0.25, 0.3) is 0 Å². The molecule has 2 aromatic rings. The van der Waals surface area contributed by atoms with Gasteiger partial charge in [0.1, 0.15) is 5.82 Å². The first-order valence-electron chi connectivity index (χ1n) is 5.45. The van der Waals surface area contributed by atoms with Gasteiger partial charge in [-0.1, -0.05) is 6.92 Å². The highest BCUT2D eigenvalue weighted by atomic mass is 32.1. The molecular weight excluding hydrogens is 223 g/mol. The van der Waals surface area contributed by atoms with Crippen LogP contribution in [0.3, 0.4) is 0 Å². The summed E-state index contributed by atoms with van der Waals surface area (Å²) in [7, 11) is 0. The molecule has 1 aromatic carbocycles. The number of aromatic amines is 1. The molecule has 1 atom stereocenters. The van der Waals surface area contributed by atoms with Gasteiger partial charge in [-0.2, -0.15) is 0 Å². The summed E-state index contributed by atoms with van der Waals surface area (Å²) in [6.45, 7) is 6.00. The number of aromatic nitrogens is 2. The number of fused-ring (bicyclic) bond motifs is 1. The van der Waals surface area contributed by atoms with E-state index in [2.05, 4.69) is 23.4 Å². The topological polar surface area (TPSA) is 20.7 Å². The zero-order valence-electron chi connectivity index (χ0n) is 9.67. The average Bonchev–Trinajstić information content (AvgIpc) is 2.54. The molecule has 2 rings (SSSR count). The first-order chi connectivity index (χ1) is 7.54. The van der Waals surface area contributed by atoms with Crippen molar-refractivity contribution in [2.75, 3.05) is 0 Å². The summed E-state index contributed by atoms with van der Waals surface area (Å²) < 4.78 is 16.1. The fourth-order valence-corrected chi connectivity index (χ4v) is 2.26. The van der Waals surface area contributed by atoms with E-state index in [9.17, 15) is 4.39 Å². The van der Waals surface area contributed by atoms with Crippen LogP contribution in [0.25, 0.3) is 11.0 Å². The Morgan fingerprint density at radius 3 is 2.81 bits per heavy atom. The van der Waals surface area contributed by atoms with Gasteiger partial charge in [0.15, 0.2) is 4.77 Å². The quantitative estimate of drug-likeness (QED) is 0.781. The molecule has 0 fully saturated rings. The summed E-state index contributed by atoms with van der Waals surface area (Å²) in [4.78, 5) is 3.05. The van der Waals surface area contributed by atoms with Gasteiger partial charge in [-0.15, -0.1) is 0 Å². The standard InChI is InChI=1S/C12H15FN2S/c1-4-8(3)15-11-5-7(2)9(13)6-10(11)14-12(15)16/h5-6,8H,4H2,1-3H3,(H,14,16). The lowest BCUT2D eigenvalue weighted by atomic mass is 10.2. The molecule has 2 nitrogen and oxygen atoms in total. The molecule has 0 saturated carbocycles. The van der Waals surface area contributed by atoms with E-state index in [1.807, 2.05) is 6.07 Å². The van der Waals surface area contributed by atoms with E-state index in [1.54, 1.807) is 6.92 Å². The van der Waals surface area contributed by atoms with E-state index < -0.39 is 0 Å². The van der Waals surface area contributed by atoms with Crippen LogP contribution < -0.4 is 0 Å². The zero-order valence-corrected chi connectivity index (χ0v) is 10.5. The first kappa shape index (κ1) is 11.3. The summed E-state index contributed by atoms with van der Waals surface area (Å²) in [5.74, 6) is -0.194. The number of rotatable bonds is 2. The Morgan fingerprint density at radius 1 is 1.50 bits per heavy atom. The second-order valence-electron chi connectivity index (χ2n) is 4.18. The Labute approximate surface area is 99.1 Å². The fraction of sp³-hybridized carbons (Fsp3) is 0.417. The third-order valence-corrected chi connectivity index (χ3v) is 3.33. The van der Waals surface area contributed by atoms with Crippen LogP contribution in [0.1, 0.15) is 31.9 Å². The van der Waals surface area contributed by atoms with Gasteiger partial charge in [-0.3, -0.25) is 0 Å². The number of hydrogen-bond acceptors (Lipinski definition) is 1. The molecule has 0 radical (unpaired) electrons. The van der Waals surface area contributed by atoms with Gasteiger partial charge in [0.2, 0.25) is 0 Å². The number of aryl methyl sites for hydroxylation is 1. The number of nitrogens with one attached hydrogen (secondary N) is 1. The SMILES string of the molecule is CCC(C)n1c(=S)[nH]c2cc(F)c(C)cc21. The zero-order chi connectivity index (χ0) is 11.9. The van der Waals surface area contributed by atoms with Crippen molar-refractivity contribution in [1.82, 2.24) is 9.55 Å². The van der Waals surface area contributed by atoms with E-state index in [4.69, 9.17) is 12.2 Å². The van der Waals surface area contributed by atoms with E-state index in [0.717, 1.165) is 17.5 Å². The van der Waals surface area contributed by atoms with Crippen LogP contribution in [-0.4, -0.2) is 9.55 Å². The predicted octanol–water partition coefficient (Wildman–Crippen LogP) is 4.12. The third-order valence-electron chi connectivity index (χ3n) is 3.03. The van der Waals surface area contributed by atoms with Crippen LogP contribution in [-0.2, 0) is 0 Å². The first-order valence-corrected chi connectivity index (χ1v) is 5.85. The lowest BCUT2D eigenvalue weighted by Gasteiger charge is -2.12. The number of halogens is 1. The van der Waals surface area contributed by atoms with Crippen molar-refractivity contribution >= 4 is 23.3 Å². The van der Waals surface area contributed by atoms with Crippen molar-refractivity contribution in [2.45, 2.75) is 33.2 Å². The molecule has 0 amide bonds. The Balaban J connectivity index is 2.79. The molecule has 0 aliphatic carbocycles. The molecule has 0 bridgehead atoms. The maximum absolute atomic E-state index is 13.4. The highest BCUT2D eigenvalue weighted by Crippen LogP contribution is 2.23. The highest BCUT2D eigenvalue weighted by Gasteiger charge is 2.11. The van der Waals surface area contributed by atoms with Crippen LogP contribution in [0.2, 0.25) is 0 Å². The largest absolute Gasteiger partial charge is 0.330 e. The molecular formula is C12H15FN2S. The molecule has 0 aliphatic rings. The van der Waals surface area contributed by atoms with Gasteiger partial charge in [0, 0.05) is 6.04 Å². The van der Waals surface area contributed by atoms with Crippen molar-refractivity contribution < 1.29 is 4.39 Å².